The number of ether oxygens (including phenoxy) is 1. The third-order valence-electron chi connectivity index (χ3n) is 5.18. The van der Waals surface area contributed by atoms with E-state index >= 15 is 0 Å². The number of carbonyl (C=O) groups excluding carboxylic acids is 1. The van der Waals surface area contributed by atoms with Gasteiger partial charge in [-0.25, -0.2) is 0 Å². The molecule has 0 radical (unpaired) electrons. The summed E-state index contributed by atoms with van der Waals surface area (Å²) in [5.74, 6) is -0.275. The quantitative estimate of drug-likeness (QED) is 0.860. The van der Waals surface area contributed by atoms with Crippen LogP contribution >= 0.6 is 0 Å². The van der Waals surface area contributed by atoms with Crippen molar-refractivity contribution in [3.05, 3.63) is 41.5 Å². The molecule has 138 valence electrons. The molecule has 6 nitrogen and oxygen atoms in total. The van der Waals surface area contributed by atoms with E-state index < -0.39 is 6.04 Å². The Balaban J connectivity index is 1.80. The van der Waals surface area contributed by atoms with E-state index in [0.717, 1.165) is 11.1 Å². The highest BCUT2D eigenvalue weighted by Gasteiger charge is 2.52. The van der Waals surface area contributed by atoms with Crippen LogP contribution in [0.5, 0.6) is 0 Å². The molecule has 0 aromatic heterocycles. The van der Waals surface area contributed by atoms with E-state index in [4.69, 9.17) is 4.74 Å². The van der Waals surface area contributed by atoms with Gasteiger partial charge in [-0.15, -0.1) is 0 Å². The summed E-state index contributed by atoms with van der Waals surface area (Å²) in [6.07, 6.45) is 3.95. The van der Waals surface area contributed by atoms with Gasteiger partial charge in [-0.2, -0.15) is 5.26 Å². The molecule has 3 atom stereocenters. The molecule has 2 fully saturated rings. The lowest BCUT2D eigenvalue weighted by molar-refractivity contribution is -0.149. The summed E-state index contributed by atoms with van der Waals surface area (Å²) in [6, 6.07) is 9.23. The highest BCUT2D eigenvalue weighted by atomic mass is 16.5. The molecule has 2 heterocycles. The Morgan fingerprint density at radius 2 is 2.12 bits per heavy atom. The first-order valence-electron chi connectivity index (χ1n) is 9.04. The third kappa shape index (κ3) is 3.51. The first kappa shape index (κ1) is 18.6. The number of hydrogen-bond donors (Lipinski definition) is 1. The summed E-state index contributed by atoms with van der Waals surface area (Å²) in [5.41, 5.74) is 2.03. The first-order chi connectivity index (χ1) is 12.7. The standard InChI is InChI=1S/C20H25N3O3/c1-2-5-15-6-3-4-7-16(15)20-17(12-21)23(18(20)14-24)19(25)13-22-8-10-26-11-9-22/h2-7,17-18,20,24H,8-11,13-14H2,1H3/b5-2+/t17-,18-,20+/m1/s1. The van der Waals surface area contributed by atoms with Crippen molar-refractivity contribution in [2.75, 3.05) is 39.5 Å². The Bertz CT molecular complexity index is 706. The summed E-state index contributed by atoms with van der Waals surface area (Å²) < 4.78 is 5.31. The molecule has 26 heavy (non-hydrogen) atoms. The molecule has 0 unspecified atom stereocenters. The highest BCUT2D eigenvalue weighted by Crippen LogP contribution is 2.42. The number of carbonyl (C=O) groups is 1. The summed E-state index contributed by atoms with van der Waals surface area (Å²) in [6.45, 7) is 4.74. The molecule has 3 rings (SSSR count). The second-order valence-electron chi connectivity index (χ2n) is 6.67. The number of nitrogens with zero attached hydrogens (tertiary/aromatic N) is 3. The van der Waals surface area contributed by atoms with E-state index in [9.17, 15) is 15.2 Å². The molecule has 6 heteroatoms. The smallest absolute Gasteiger partial charge is 0.238 e. The number of likely N-dealkylation sites (tertiary alicyclic amines) is 1. The Morgan fingerprint density at radius 1 is 1.38 bits per heavy atom. The van der Waals surface area contributed by atoms with Crippen LogP contribution in [0.25, 0.3) is 6.08 Å². The topological polar surface area (TPSA) is 76.8 Å². The number of rotatable bonds is 5. The van der Waals surface area contributed by atoms with Gasteiger partial charge in [-0.05, 0) is 18.1 Å². The minimum absolute atomic E-state index is 0.0998. The fourth-order valence-corrected chi connectivity index (χ4v) is 3.90. The number of amides is 1. The number of hydrogen-bond acceptors (Lipinski definition) is 5. The molecule has 0 spiro atoms. The molecule has 2 aliphatic rings. The van der Waals surface area contributed by atoms with Crippen molar-refractivity contribution in [3.8, 4) is 6.07 Å². The lowest BCUT2D eigenvalue weighted by Gasteiger charge is -2.52. The minimum atomic E-state index is -0.549. The molecule has 0 bridgehead atoms. The molecule has 1 aromatic rings. The predicted octanol–water partition coefficient (Wildman–Crippen LogP) is 1.23. The summed E-state index contributed by atoms with van der Waals surface area (Å²) in [7, 11) is 0. The average Bonchev–Trinajstić information content (AvgIpc) is 2.64. The Hall–Kier alpha value is -2.20. The summed E-state index contributed by atoms with van der Waals surface area (Å²) in [5, 5.41) is 19.6. The Morgan fingerprint density at radius 3 is 2.77 bits per heavy atom. The van der Waals surface area contributed by atoms with Crippen molar-refractivity contribution in [1.29, 1.82) is 5.26 Å². The van der Waals surface area contributed by atoms with E-state index in [1.165, 1.54) is 0 Å². The first-order valence-corrected chi connectivity index (χ1v) is 9.04. The van der Waals surface area contributed by atoms with Crippen LogP contribution < -0.4 is 0 Å². The van der Waals surface area contributed by atoms with Crippen LogP contribution in [0.15, 0.2) is 30.3 Å². The zero-order chi connectivity index (χ0) is 18.5. The number of allylic oxidation sites excluding steroid dienone is 1. The minimum Gasteiger partial charge on any atom is -0.394 e. The van der Waals surface area contributed by atoms with Crippen LogP contribution in [-0.2, 0) is 9.53 Å². The maximum atomic E-state index is 12.8. The van der Waals surface area contributed by atoms with Crippen molar-refractivity contribution in [2.24, 2.45) is 0 Å². The maximum Gasteiger partial charge on any atom is 0.238 e. The zero-order valence-electron chi connectivity index (χ0n) is 15.0. The monoisotopic (exact) mass is 355 g/mol. The fraction of sp³-hybridized carbons (Fsp3) is 0.500. The van der Waals surface area contributed by atoms with E-state index in [2.05, 4.69) is 6.07 Å². The van der Waals surface area contributed by atoms with Crippen LogP contribution in [0.1, 0.15) is 24.0 Å². The van der Waals surface area contributed by atoms with Gasteiger partial charge in [0.25, 0.3) is 0 Å². The van der Waals surface area contributed by atoms with E-state index in [1.807, 2.05) is 48.2 Å². The third-order valence-corrected chi connectivity index (χ3v) is 5.18. The largest absolute Gasteiger partial charge is 0.394 e. The number of aliphatic hydroxyl groups excluding tert-OH is 1. The molecule has 1 N–H and O–H groups in total. The lowest BCUT2D eigenvalue weighted by atomic mass is 9.74. The molecule has 0 saturated carbocycles. The molecule has 0 aliphatic carbocycles. The average molecular weight is 355 g/mol. The normalized spacial score (nSPS) is 26.5. The number of nitriles is 1. The number of benzene rings is 1. The maximum absolute atomic E-state index is 12.8. The zero-order valence-corrected chi connectivity index (χ0v) is 15.0. The molecular weight excluding hydrogens is 330 g/mol. The van der Waals surface area contributed by atoms with Gasteiger partial charge >= 0.3 is 0 Å². The predicted molar refractivity (Wildman–Crippen MR) is 98.3 cm³/mol. The van der Waals surface area contributed by atoms with Crippen LogP contribution in [0.3, 0.4) is 0 Å². The van der Waals surface area contributed by atoms with Gasteiger partial charge in [0.1, 0.15) is 6.04 Å². The Labute approximate surface area is 154 Å². The molecule has 1 amide bonds. The van der Waals surface area contributed by atoms with Crippen LogP contribution in [-0.4, -0.2) is 72.4 Å². The SMILES string of the molecule is C/C=C/c1ccccc1[C@H]1[C@@H](C#N)N(C(=O)CN2CCOCC2)[C@@H]1CO. The van der Waals surface area contributed by atoms with Gasteiger partial charge in [-0.3, -0.25) is 9.69 Å². The van der Waals surface area contributed by atoms with E-state index in [1.54, 1.807) is 4.90 Å². The van der Waals surface area contributed by atoms with Gasteiger partial charge in [0.2, 0.25) is 5.91 Å². The fourth-order valence-electron chi connectivity index (χ4n) is 3.90. The second kappa shape index (κ2) is 8.45. The van der Waals surface area contributed by atoms with Gasteiger partial charge in [0.15, 0.2) is 0 Å². The van der Waals surface area contributed by atoms with E-state index in [-0.39, 0.29) is 31.0 Å². The summed E-state index contributed by atoms with van der Waals surface area (Å²) in [4.78, 5) is 16.4. The highest BCUT2D eigenvalue weighted by molar-refractivity contribution is 5.81. The molecule has 2 saturated heterocycles. The van der Waals surface area contributed by atoms with Gasteiger partial charge in [0, 0.05) is 19.0 Å². The van der Waals surface area contributed by atoms with Crippen molar-refractivity contribution in [2.45, 2.75) is 24.9 Å². The summed E-state index contributed by atoms with van der Waals surface area (Å²) >= 11 is 0. The van der Waals surface area contributed by atoms with Crippen molar-refractivity contribution in [1.82, 2.24) is 9.80 Å². The van der Waals surface area contributed by atoms with E-state index in [0.29, 0.717) is 26.3 Å². The number of morpholine rings is 1. The Kier molecular flexibility index (Phi) is 6.04. The lowest BCUT2D eigenvalue weighted by Crippen LogP contribution is -2.66. The van der Waals surface area contributed by atoms with Crippen LogP contribution in [0, 0.1) is 11.3 Å². The van der Waals surface area contributed by atoms with Crippen LogP contribution in [0.2, 0.25) is 0 Å². The van der Waals surface area contributed by atoms with Gasteiger partial charge in [-0.1, -0.05) is 36.4 Å². The van der Waals surface area contributed by atoms with Crippen molar-refractivity contribution in [3.63, 3.8) is 0 Å². The van der Waals surface area contributed by atoms with Gasteiger partial charge in [0.05, 0.1) is 38.5 Å². The second-order valence-corrected chi connectivity index (χ2v) is 6.67. The molecule has 2 aliphatic heterocycles. The number of aliphatic hydroxyl groups is 1. The molecule has 1 aromatic carbocycles. The van der Waals surface area contributed by atoms with Gasteiger partial charge < -0.3 is 14.7 Å². The van der Waals surface area contributed by atoms with Crippen molar-refractivity contribution < 1.29 is 14.6 Å². The van der Waals surface area contributed by atoms with Crippen molar-refractivity contribution >= 4 is 12.0 Å². The molecular formula is C20H25N3O3. The van der Waals surface area contributed by atoms with Crippen LogP contribution in [0.4, 0.5) is 0 Å².